The molecule has 0 aliphatic carbocycles. The molecule has 1 heterocycles. The van der Waals surface area contributed by atoms with Crippen LogP contribution in [0.3, 0.4) is 0 Å². The minimum atomic E-state index is -0.528. The number of halogens is 1. The molecule has 1 atom stereocenters. The van der Waals surface area contributed by atoms with Crippen molar-refractivity contribution >= 4 is 29.4 Å². The second-order valence-electron chi connectivity index (χ2n) is 5.70. The van der Waals surface area contributed by atoms with E-state index in [4.69, 9.17) is 21.1 Å². The summed E-state index contributed by atoms with van der Waals surface area (Å²) >= 11 is 5.94. The number of carbonyl (C=O) groups is 3. The van der Waals surface area contributed by atoms with Crippen LogP contribution in [0.5, 0.6) is 5.75 Å². The van der Waals surface area contributed by atoms with E-state index < -0.39 is 24.4 Å². The van der Waals surface area contributed by atoms with E-state index >= 15 is 0 Å². The Hall–Kier alpha value is -2.28. The zero-order chi connectivity index (χ0) is 18.2. The molecule has 2 amide bonds. The number of benzene rings is 1. The van der Waals surface area contributed by atoms with E-state index in [9.17, 15) is 14.4 Å². The summed E-state index contributed by atoms with van der Waals surface area (Å²) < 4.78 is 10.5. The molecule has 0 spiro atoms. The highest BCUT2D eigenvalue weighted by molar-refractivity contribution is 6.30. The molecular formula is C17H21ClN2O5. The van der Waals surface area contributed by atoms with Gasteiger partial charge in [0.2, 0.25) is 5.91 Å². The van der Waals surface area contributed by atoms with Gasteiger partial charge in [0.15, 0.2) is 6.61 Å². The first kappa shape index (κ1) is 19.1. The normalized spacial score (nSPS) is 15.5. The van der Waals surface area contributed by atoms with Gasteiger partial charge in [0.1, 0.15) is 12.4 Å². The molecule has 2 rings (SSSR count). The van der Waals surface area contributed by atoms with Crippen LogP contribution in [0.25, 0.3) is 0 Å². The van der Waals surface area contributed by atoms with Crippen molar-refractivity contribution in [2.45, 2.75) is 19.8 Å². The van der Waals surface area contributed by atoms with E-state index in [1.807, 2.05) is 6.92 Å². The van der Waals surface area contributed by atoms with Gasteiger partial charge in [-0.2, -0.15) is 0 Å². The van der Waals surface area contributed by atoms with Crippen molar-refractivity contribution in [3.05, 3.63) is 28.8 Å². The maximum absolute atomic E-state index is 12.1. The van der Waals surface area contributed by atoms with Crippen LogP contribution in [0.15, 0.2) is 18.2 Å². The Morgan fingerprint density at radius 3 is 2.84 bits per heavy atom. The van der Waals surface area contributed by atoms with Crippen LogP contribution in [0, 0.1) is 5.92 Å². The lowest BCUT2D eigenvalue weighted by molar-refractivity contribution is -0.153. The molecule has 1 aliphatic rings. The third kappa shape index (κ3) is 5.94. The predicted molar refractivity (Wildman–Crippen MR) is 91.4 cm³/mol. The molecule has 0 saturated heterocycles. The Bertz CT molecular complexity index is 650. The molecule has 1 aliphatic heterocycles. The molecule has 25 heavy (non-hydrogen) atoms. The van der Waals surface area contributed by atoms with Gasteiger partial charge in [0.25, 0.3) is 5.91 Å². The van der Waals surface area contributed by atoms with Gasteiger partial charge >= 0.3 is 5.97 Å². The fourth-order valence-corrected chi connectivity index (χ4v) is 2.52. The minimum absolute atomic E-state index is 0.144. The van der Waals surface area contributed by atoms with Crippen LogP contribution in [-0.2, 0) is 25.5 Å². The number of amides is 2. The van der Waals surface area contributed by atoms with Gasteiger partial charge in [-0.3, -0.25) is 14.4 Å². The molecule has 0 saturated carbocycles. The van der Waals surface area contributed by atoms with Crippen LogP contribution in [0.2, 0.25) is 5.02 Å². The molecule has 1 aromatic carbocycles. The Kier molecular flexibility index (Phi) is 7.06. The molecule has 0 radical (unpaired) electrons. The van der Waals surface area contributed by atoms with Gasteiger partial charge in [-0.05, 0) is 36.6 Å². The summed E-state index contributed by atoms with van der Waals surface area (Å²) in [5.41, 5.74) is 0.831. The van der Waals surface area contributed by atoms with Gasteiger partial charge in [-0.25, -0.2) is 0 Å². The van der Waals surface area contributed by atoms with Gasteiger partial charge in [-0.1, -0.05) is 18.5 Å². The van der Waals surface area contributed by atoms with Crippen LogP contribution in [-0.4, -0.2) is 44.1 Å². The van der Waals surface area contributed by atoms with E-state index in [1.54, 1.807) is 18.2 Å². The van der Waals surface area contributed by atoms with Crippen molar-refractivity contribution in [1.82, 2.24) is 10.6 Å². The SMILES string of the molecule is CCCNC(=O)CNC(=O)COC(=O)[C@@H]1COc2ccc(Cl)cc2C1. The summed E-state index contributed by atoms with van der Waals surface area (Å²) in [7, 11) is 0. The highest BCUT2D eigenvalue weighted by Gasteiger charge is 2.28. The number of hydrogen-bond acceptors (Lipinski definition) is 5. The number of carbonyl (C=O) groups excluding carboxylic acids is 3. The lowest BCUT2D eigenvalue weighted by Gasteiger charge is -2.24. The lowest BCUT2D eigenvalue weighted by atomic mass is 9.97. The standard InChI is InChI=1S/C17H21ClN2O5/c1-2-5-19-15(21)8-20-16(22)10-25-17(23)12-6-11-7-13(18)3-4-14(11)24-9-12/h3-4,7,12H,2,5-6,8-10H2,1H3,(H,19,21)(H,20,22)/t12-/m0/s1. The maximum Gasteiger partial charge on any atom is 0.313 e. The highest BCUT2D eigenvalue weighted by Crippen LogP contribution is 2.30. The second kappa shape index (κ2) is 9.27. The Morgan fingerprint density at radius 1 is 1.28 bits per heavy atom. The minimum Gasteiger partial charge on any atom is -0.492 e. The third-order valence-electron chi connectivity index (χ3n) is 3.63. The van der Waals surface area contributed by atoms with E-state index in [0.29, 0.717) is 23.7 Å². The molecule has 0 unspecified atom stereocenters. The number of nitrogens with one attached hydrogen (secondary N) is 2. The number of esters is 1. The Morgan fingerprint density at radius 2 is 2.08 bits per heavy atom. The average Bonchev–Trinajstić information content (AvgIpc) is 2.61. The summed E-state index contributed by atoms with van der Waals surface area (Å²) in [6, 6.07) is 5.23. The quantitative estimate of drug-likeness (QED) is 0.702. The first-order valence-electron chi connectivity index (χ1n) is 8.11. The summed E-state index contributed by atoms with van der Waals surface area (Å²) in [5.74, 6) is -1.12. The molecule has 8 heteroatoms. The first-order chi connectivity index (χ1) is 12.0. The van der Waals surface area contributed by atoms with E-state index in [2.05, 4.69) is 10.6 Å². The molecule has 0 aromatic heterocycles. The van der Waals surface area contributed by atoms with Crippen LogP contribution < -0.4 is 15.4 Å². The lowest BCUT2D eigenvalue weighted by Crippen LogP contribution is -2.39. The molecule has 136 valence electrons. The smallest absolute Gasteiger partial charge is 0.313 e. The topological polar surface area (TPSA) is 93.7 Å². The highest BCUT2D eigenvalue weighted by atomic mass is 35.5. The van der Waals surface area contributed by atoms with Crippen molar-refractivity contribution in [2.24, 2.45) is 5.92 Å². The molecule has 7 nitrogen and oxygen atoms in total. The summed E-state index contributed by atoms with van der Waals surface area (Å²) in [5, 5.41) is 5.59. The number of hydrogen-bond donors (Lipinski definition) is 2. The maximum atomic E-state index is 12.1. The first-order valence-corrected chi connectivity index (χ1v) is 8.48. The second-order valence-corrected chi connectivity index (χ2v) is 6.13. The largest absolute Gasteiger partial charge is 0.492 e. The summed E-state index contributed by atoms with van der Waals surface area (Å²) in [6.45, 7) is 2.10. The Balaban J connectivity index is 1.73. The molecule has 1 aromatic rings. The fourth-order valence-electron chi connectivity index (χ4n) is 2.33. The predicted octanol–water partition coefficient (Wildman–Crippen LogP) is 1.08. The Labute approximate surface area is 151 Å². The summed E-state index contributed by atoms with van der Waals surface area (Å²) in [6.07, 6.45) is 1.25. The van der Waals surface area contributed by atoms with Gasteiger partial charge in [0, 0.05) is 11.6 Å². The van der Waals surface area contributed by atoms with Crippen LogP contribution in [0.1, 0.15) is 18.9 Å². The monoisotopic (exact) mass is 368 g/mol. The molecular weight excluding hydrogens is 348 g/mol. The van der Waals surface area contributed by atoms with E-state index in [0.717, 1.165) is 12.0 Å². The van der Waals surface area contributed by atoms with Crippen molar-refractivity contribution in [1.29, 1.82) is 0 Å². The number of ether oxygens (including phenoxy) is 2. The van der Waals surface area contributed by atoms with Crippen molar-refractivity contribution in [2.75, 3.05) is 26.3 Å². The van der Waals surface area contributed by atoms with Crippen molar-refractivity contribution < 1.29 is 23.9 Å². The zero-order valence-corrected chi connectivity index (χ0v) is 14.7. The van der Waals surface area contributed by atoms with Crippen LogP contribution >= 0.6 is 11.6 Å². The molecule has 0 bridgehead atoms. The number of fused-ring (bicyclic) bond motifs is 1. The average molecular weight is 369 g/mol. The molecule has 0 fully saturated rings. The van der Waals surface area contributed by atoms with Crippen molar-refractivity contribution in [3.8, 4) is 5.75 Å². The van der Waals surface area contributed by atoms with E-state index in [1.165, 1.54) is 0 Å². The van der Waals surface area contributed by atoms with Gasteiger partial charge in [0.05, 0.1) is 12.5 Å². The van der Waals surface area contributed by atoms with Gasteiger partial charge in [-0.15, -0.1) is 0 Å². The fraction of sp³-hybridized carbons (Fsp3) is 0.471. The summed E-state index contributed by atoms with van der Waals surface area (Å²) in [4.78, 5) is 35.1. The van der Waals surface area contributed by atoms with Gasteiger partial charge < -0.3 is 20.1 Å². The number of rotatable bonds is 7. The van der Waals surface area contributed by atoms with Crippen LogP contribution in [0.4, 0.5) is 0 Å². The zero-order valence-electron chi connectivity index (χ0n) is 14.0. The van der Waals surface area contributed by atoms with E-state index in [-0.39, 0.29) is 19.1 Å². The third-order valence-corrected chi connectivity index (χ3v) is 3.86. The van der Waals surface area contributed by atoms with Crippen molar-refractivity contribution in [3.63, 3.8) is 0 Å². The molecule has 2 N–H and O–H groups in total.